The van der Waals surface area contributed by atoms with Crippen LogP contribution in [0.25, 0.3) is 0 Å². The quantitative estimate of drug-likeness (QED) is 0.807. The molecule has 114 valence electrons. The van der Waals surface area contributed by atoms with E-state index in [-0.39, 0.29) is 6.10 Å². The summed E-state index contributed by atoms with van der Waals surface area (Å²) in [6.45, 7) is 1.87. The molecule has 0 fully saturated rings. The Labute approximate surface area is 131 Å². The minimum atomic E-state index is 0.118. The number of hydrogen-bond acceptors (Lipinski definition) is 4. The van der Waals surface area contributed by atoms with E-state index in [1.807, 2.05) is 13.1 Å². The van der Waals surface area contributed by atoms with E-state index in [0.29, 0.717) is 0 Å². The van der Waals surface area contributed by atoms with Crippen LogP contribution in [0.3, 0.4) is 0 Å². The van der Waals surface area contributed by atoms with E-state index in [0.717, 1.165) is 25.3 Å². The predicted molar refractivity (Wildman–Crippen MR) is 90.1 cm³/mol. The van der Waals surface area contributed by atoms with Gasteiger partial charge in [-0.1, -0.05) is 18.2 Å². The van der Waals surface area contributed by atoms with Crippen molar-refractivity contribution in [1.29, 1.82) is 0 Å². The number of nitrogens with one attached hydrogen (secondary N) is 1. The molecule has 21 heavy (non-hydrogen) atoms. The SMILES string of the molecule is CNCCC(Oc1cccc(CN(C)C)c1)c1cccs1. The molecular weight excluding hydrogens is 280 g/mol. The summed E-state index contributed by atoms with van der Waals surface area (Å²) in [6, 6.07) is 12.6. The molecule has 3 nitrogen and oxygen atoms in total. The fraction of sp³-hybridized carbons (Fsp3) is 0.412. The first-order valence-corrected chi connectivity index (χ1v) is 8.15. The van der Waals surface area contributed by atoms with Gasteiger partial charge < -0.3 is 15.0 Å². The molecule has 1 aromatic heterocycles. The number of nitrogens with zero attached hydrogens (tertiary/aromatic N) is 1. The fourth-order valence-electron chi connectivity index (χ4n) is 2.26. The third kappa shape index (κ3) is 5.16. The summed E-state index contributed by atoms with van der Waals surface area (Å²) < 4.78 is 6.24. The van der Waals surface area contributed by atoms with Gasteiger partial charge in [0, 0.05) is 17.8 Å². The maximum absolute atomic E-state index is 6.24. The van der Waals surface area contributed by atoms with Gasteiger partial charge in [0.2, 0.25) is 0 Å². The highest BCUT2D eigenvalue weighted by Crippen LogP contribution is 2.28. The molecule has 2 rings (SSSR count). The van der Waals surface area contributed by atoms with E-state index < -0.39 is 0 Å². The Kier molecular flexibility index (Phi) is 6.23. The zero-order chi connectivity index (χ0) is 15.1. The molecule has 4 heteroatoms. The lowest BCUT2D eigenvalue weighted by molar-refractivity contribution is 0.198. The first-order valence-electron chi connectivity index (χ1n) is 7.27. The van der Waals surface area contributed by atoms with Crippen molar-refractivity contribution < 1.29 is 4.74 Å². The van der Waals surface area contributed by atoms with E-state index in [4.69, 9.17) is 4.74 Å². The molecule has 0 aliphatic carbocycles. The lowest BCUT2D eigenvalue weighted by Gasteiger charge is -2.19. The Morgan fingerprint density at radius 1 is 1.24 bits per heavy atom. The van der Waals surface area contributed by atoms with Crippen molar-refractivity contribution >= 4 is 11.3 Å². The number of hydrogen-bond donors (Lipinski definition) is 1. The van der Waals surface area contributed by atoms with Crippen LogP contribution in [0, 0.1) is 0 Å². The predicted octanol–water partition coefficient (Wildman–Crippen LogP) is 3.54. The second-order valence-electron chi connectivity index (χ2n) is 5.40. The molecule has 0 amide bonds. The van der Waals surface area contributed by atoms with Gasteiger partial charge in [0.25, 0.3) is 0 Å². The van der Waals surface area contributed by atoms with Crippen molar-refractivity contribution in [3.63, 3.8) is 0 Å². The summed E-state index contributed by atoms with van der Waals surface area (Å²) in [5.41, 5.74) is 1.27. The van der Waals surface area contributed by atoms with Crippen molar-refractivity contribution in [2.45, 2.75) is 19.1 Å². The van der Waals surface area contributed by atoms with Crippen molar-refractivity contribution in [2.75, 3.05) is 27.7 Å². The molecule has 0 spiro atoms. The molecule has 1 unspecified atom stereocenters. The molecule has 0 aliphatic heterocycles. The average Bonchev–Trinajstić information content (AvgIpc) is 2.97. The summed E-state index contributed by atoms with van der Waals surface area (Å²) in [5, 5.41) is 5.31. The zero-order valence-electron chi connectivity index (χ0n) is 13.0. The number of thiophene rings is 1. The Bertz CT molecular complexity index is 525. The van der Waals surface area contributed by atoms with Crippen LogP contribution in [0.2, 0.25) is 0 Å². The molecule has 0 saturated heterocycles. The molecular formula is C17H24N2OS. The zero-order valence-corrected chi connectivity index (χ0v) is 13.8. The van der Waals surface area contributed by atoms with E-state index in [9.17, 15) is 0 Å². The smallest absolute Gasteiger partial charge is 0.134 e. The van der Waals surface area contributed by atoms with Crippen molar-refractivity contribution in [3.8, 4) is 5.75 Å². The number of benzene rings is 1. The number of ether oxygens (including phenoxy) is 1. The molecule has 0 radical (unpaired) electrons. The summed E-state index contributed by atoms with van der Waals surface area (Å²) in [7, 11) is 6.13. The van der Waals surface area contributed by atoms with Crippen molar-refractivity contribution in [1.82, 2.24) is 10.2 Å². The highest BCUT2D eigenvalue weighted by atomic mass is 32.1. The molecule has 1 N–H and O–H groups in total. The molecule has 0 bridgehead atoms. The summed E-state index contributed by atoms with van der Waals surface area (Å²) in [4.78, 5) is 3.44. The third-order valence-corrected chi connectivity index (χ3v) is 4.16. The lowest BCUT2D eigenvalue weighted by atomic mass is 10.2. The highest BCUT2D eigenvalue weighted by Gasteiger charge is 2.14. The molecule has 1 heterocycles. The van der Waals surface area contributed by atoms with Crippen LogP contribution in [0.1, 0.15) is 23.0 Å². The topological polar surface area (TPSA) is 24.5 Å². The second-order valence-corrected chi connectivity index (χ2v) is 6.38. The van der Waals surface area contributed by atoms with Gasteiger partial charge in [-0.05, 0) is 56.8 Å². The van der Waals surface area contributed by atoms with Gasteiger partial charge >= 0.3 is 0 Å². The normalized spacial score (nSPS) is 12.6. The average molecular weight is 304 g/mol. The Hall–Kier alpha value is -1.36. The molecule has 0 saturated carbocycles. The maximum Gasteiger partial charge on any atom is 0.134 e. The summed E-state index contributed by atoms with van der Waals surface area (Å²) in [6.07, 6.45) is 1.08. The van der Waals surface area contributed by atoms with Crippen LogP contribution in [0.5, 0.6) is 5.75 Å². The van der Waals surface area contributed by atoms with Gasteiger partial charge in [-0.2, -0.15) is 0 Å². The molecule has 0 aliphatic rings. The first kappa shape index (κ1) is 16.0. The Balaban J connectivity index is 2.09. The monoisotopic (exact) mass is 304 g/mol. The molecule has 1 aromatic carbocycles. The van der Waals surface area contributed by atoms with Crippen LogP contribution in [-0.2, 0) is 6.54 Å². The Morgan fingerprint density at radius 2 is 2.10 bits per heavy atom. The maximum atomic E-state index is 6.24. The molecule has 1 atom stereocenters. The summed E-state index contributed by atoms with van der Waals surface area (Å²) >= 11 is 1.75. The van der Waals surface area contributed by atoms with Gasteiger partial charge in [-0.3, -0.25) is 0 Å². The van der Waals surface area contributed by atoms with Gasteiger partial charge in [0.15, 0.2) is 0 Å². The third-order valence-electron chi connectivity index (χ3n) is 3.19. The minimum absolute atomic E-state index is 0.118. The van der Waals surface area contributed by atoms with Crippen LogP contribution < -0.4 is 10.1 Å². The van der Waals surface area contributed by atoms with E-state index >= 15 is 0 Å². The van der Waals surface area contributed by atoms with E-state index in [1.165, 1.54) is 10.4 Å². The van der Waals surface area contributed by atoms with Gasteiger partial charge in [-0.25, -0.2) is 0 Å². The largest absolute Gasteiger partial charge is 0.485 e. The Morgan fingerprint density at radius 3 is 2.76 bits per heavy atom. The first-order chi connectivity index (χ1) is 10.2. The van der Waals surface area contributed by atoms with Gasteiger partial charge in [0.1, 0.15) is 11.9 Å². The van der Waals surface area contributed by atoms with Gasteiger partial charge in [-0.15, -0.1) is 11.3 Å². The van der Waals surface area contributed by atoms with Crippen LogP contribution in [0.4, 0.5) is 0 Å². The van der Waals surface area contributed by atoms with Crippen LogP contribution >= 0.6 is 11.3 Å². The van der Waals surface area contributed by atoms with Crippen molar-refractivity contribution in [2.24, 2.45) is 0 Å². The van der Waals surface area contributed by atoms with Gasteiger partial charge in [0.05, 0.1) is 0 Å². The molecule has 2 aromatic rings. The van der Waals surface area contributed by atoms with E-state index in [1.54, 1.807) is 11.3 Å². The second kappa shape index (κ2) is 8.17. The fourth-order valence-corrected chi connectivity index (χ4v) is 3.04. The van der Waals surface area contributed by atoms with Crippen molar-refractivity contribution in [3.05, 3.63) is 52.2 Å². The minimum Gasteiger partial charge on any atom is -0.485 e. The van der Waals surface area contributed by atoms with Crippen LogP contribution in [-0.4, -0.2) is 32.6 Å². The standard InChI is InChI=1S/C17H24N2OS/c1-18-10-9-16(17-8-5-11-21-17)20-15-7-4-6-14(12-15)13-19(2)3/h4-8,11-12,16,18H,9-10,13H2,1-3H3. The van der Waals surface area contributed by atoms with Crippen LogP contribution in [0.15, 0.2) is 41.8 Å². The lowest BCUT2D eigenvalue weighted by Crippen LogP contribution is -2.15. The highest BCUT2D eigenvalue weighted by molar-refractivity contribution is 7.10. The summed E-state index contributed by atoms with van der Waals surface area (Å²) in [5.74, 6) is 0.948. The van der Waals surface area contributed by atoms with E-state index in [2.05, 4.69) is 60.0 Å². The number of rotatable bonds is 8.